The van der Waals surface area contributed by atoms with Gasteiger partial charge in [0.25, 0.3) is 11.8 Å². The summed E-state index contributed by atoms with van der Waals surface area (Å²) in [5.41, 5.74) is 0.958. The SMILES string of the molecule is CN1CCc2nc(C(=O)NC3CC(C(=O)N(C)C)CCC3NC(=S)C(=O)Nc3ccc(F)cn3)sc2C1. The van der Waals surface area contributed by atoms with Gasteiger partial charge in [0.1, 0.15) is 11.6 Å². The Balaban J connectivity index is 1.45. The van der Waals surface area contributed by atoms with E-state index in [1.165, 1.54) is 23.5 Å². The first-order valence-electron chi connectivity index (χ1n) is 12.0. The second-order valence-corrected chi connectivity index (χ2v) is 11.1. The summed E-state index contributed by atoms with van der Waals surface area (Å²) >= 11 is 6.69. The topological polar surface area (TPSA) is 120 Å². The molecule has 2 aromatic rings. The van der Waals surface area contributed by atoms with Crippen LogP contribution in [0.5, 0.6) is 0 Å². The van der Waals surface area contributed by atoms with Crippen molar-refractivity contribution in [2.75, 3.05) is 33.0 Å². The van der Waals surface area contributed by atoms with Gasteiger partial charge >= 0.3 is 0 Å². The first kappa shape index (κ1) is 27.0. The molecule has 0 spiro atoms. The second-order valence-electron chi connectivity index (χ2n) is 9.60. The summed E-state index contributed by atoms with van der Waals surface area (Å²) in [6, 6.07) is 1.70. The molecule has 3 amide bonds. The highest BCUT2D eigenvalue weighted by atomic mass is 32.1. The van der Waals surface area contributed by atoms with Crippen molar-refractivity contribution in [2.24, 2.45) is 5.92 Å². The first-order chi connectivity index (χ1) is 17.6. The number of fused-ring (bicyclic) bond motifs is 1. The Morgan fingerprint density at radius 2 is 1.97 bits per heavy atom. The number of hydrogen-bond donors (Lipinski definition) is 3. The lowest BCUT2D eigenvalue weighted by atomic mass is 9.81. The molecule has 3 unspecified atom stereocenters. The largest absolute Gasteiger partial charge is 0.367 e. The summed E-state index contributed by atoms with van der Waals surface area (Å²) in [5.74, 6) is -1.52. The van der Waals surface area contributed by atoms with Gasteiger partial charge in [-0.2, -0.15) is 0 Å². The molecule has 2 aliphatic rings. The minimum absolute atomic E-state index is 0.00634. The average molecular weight is 548 g/mol. The molecule has 0 saturated heterocycles. The number of carbonyl (C=O) groups excluding carboxylic acids is 3. The fraction of sp³-hybridized carbons (Fsp3) is 0.500. The fourth-order valence-corrected chi connectivity index (χ4v) is 5.89. The van der Waals surface area contributed by atoms with Crippen LogP contribution in [0.15, 0.2) is 18.3 Å². The van der Waals surface area contributed by atoms with Gasteiger partial charge in [0, 0.05) is 50.4 Å². The van der Waals surface area contributed by atoms with E-state index >= 15 is 0 Å². The summed E-state index contributed by atoms with van der Waals surface area (Å²) in [4.78, 5) is 51.6. The van der Waals surface area contributed by atoms with Gasteiger partial charge in [0.15, 0.2) is 10.00 Å². The van der Waals surface area contributed by atoms with Crippen molar-refractivity contribution < 1.29 is 18.8 Å². The van der Waals surface area contributed by atoms with E-state index in [9.17, 15) is 18.8 Å². The third-order valence-corrected chi connectivity index (χ3v) is 7.95. The monoisotopic (exact) mass is 547 g/mol. The predicted molar refractivity (Wildman–Crippen MR) is 142 cm³/mol. The van der Waals surface area contributed by atoms with Gasteiger partial charge < -0.3 is 25.8 Å². The molecule has 4 rings (SSSR count). The van der Waals surface area contributed by atoms with Crippen LogP contribution >= 0.6 is 23.6 Å². The van der Waals surface area contributed by atoms with E-state index in [0.29, 0.717) is 24.3 Å². The molecule has 13 heteroatoms. The van der Waals surface area contributed by atoms with Crippen molar-refractivity contribution >= 4 is 52.1 Å². The van der Waals surface area contributed by atoms with Crippen LogP contribution in [0.1, 0.15) is 39.6 Å². The average Bonchev–Trinajstić information content (AvgIpc) is 3.29. The molecular formula is C24H30FN7O3S2. The van der Waals surface area contributed by atoms with Gasteiger partial charge in [-0.1, -0.05) is 12.2 Å². The van der Waals surface area contributed by atoms with Crippen molar-refractivity contribution in [3.63, 3.8) is 0 Å². The molecule has 0 radical (unpaired) electrons. The number of likely N-dealkylation sites (N-methyl/N-ethyl adjacent to an activating group) is 1. The molecule has 2 aromatic heterocycles. The van der Waals surface area contributed by atoms with Gasteiger partial charge in [0.2, 0.25) is 5.91 Å². The Morgan fingerprint density at radius 1 is 1.19 bits per heavy atom. The smallest absolute Gasteiger partial charge is 0.284 e. The third-order valence-electron chi connectivity index (χ3n) is 6.56. The Labute approximate surface area is 224 Å². The Bertz CT molecular complexity index is 1190. The van der Waals surface area contributed by atoms with E-state index in [0.717, 1.165) is 36.3 Å². The number of amides is 3. The molecule has 198 valence electrons. The highest BCUT2D eigenvalue weighted by Crippen LogP contribution is 2.28. The number of thiocarbonyl (C=S) groups is 1. The molecule has 3 N–H and O–H groups in total. The summed E-state index contributed by atoms with van der Waals surface area (Å²) in [6.07, 6.45) is 3.31. The lowest BCUT2D eigenvalue weighted by molar-refractivity contribution is -0.134. The molecule has 1 fully saturated rings. The summed E-state index contributed by atoms with van der Waals surface area (Å²) in [5, 5.41) is 9.03. The van der Waals surface area contributed by atoms with E-state index in [-0.39, 0.29) is 34.6 Å². The molecular weight excluding hydrogens is 517 g/mol. The number of nitrogens with zero attached hydrogens (tertiary/aromatic N) is 4. The zero-order valence-electron chi connectivity index (χ0n) is 20.9. The van der Waals surface area contributed by atoms with E-state index in [1.807, 2.05) is 7.05 Å². The normalized spacial score (nSPS) is 21.5. The number of nitrogens with one attached hydrogen (secondary N) is 3. The van der Waals surface area contributed by atoms with E-state index in [1.54, 1.807) is 19.0 Å². The molecule has 1 saturated carbocycles. The lowest BCUT2D eigenvalue weighted by Gasteiger charge is -2.37. The maximum atomic E-state index is 13.2. The molecule has 3 atom stereocenters. The second kappa shape index (κ2) is 11.6. The van der Waals surface area contributed by atoms with Crippen molar-refractivity contribution in [3.05, 3.63) is 39.7 Å². The molecule has 0 aromatic carbocycles. The van der Waals surface area contributed by atoms with Crippen LogP contribution in [0.25, 0.3) is 0 Å². The highest BCUT2D eigenvalue weighted by molar-refractivity contribution is 7.82. The Kier molecular flexibility index (Phi) is 8.45. The van der Waals surface area contributed by atoms with Gasteiger partial charge in [-0.25, -0.2) is 14.4 Å². The number of rotatable bonds is 5. The van der Waals surface area contributed by atoms with Gasteiger partial charge in [0.05, 0.1) is 17.9 Å². The Morgan fingerprint density at radius 3 is 2.68 bits per heavy atom. The number of anilines is 1. The van der Waals surface area contributed by atoms with Crippen molar-refractivity contribution in [1.82, 2.24) is 30.4 Å². The molecule has 1 aliphatic carbocycles. The summed E-state index contributed by atoms with van der Waals surface area (Å²) in [7, 11) is 5.45. The van der Waals surface area contributed by atoms with Crippen LogP contribution in [0.2, 0.25) is 0 Å². The zero-order chi connectivity index (χ0) is 26.7. The molecule has 1 aliphatic heterocycles. The maximum absolute atomic E-state index is 13.2. The first-order valence-corrected chi connectivity index (χ1v) is 13.3. The quantitative estimate of drug-likeness (QED) is 0.483. The van der Waals surface area contributed by atoms with E-state index in [4.69, 9.17) is 12.2 Å². The number of pyridine rings is 1. The van der Waals surface area contributed by atoms with Crippen LogP contribution in [0.3, 0.4) is 0 Å². The maximum Gasteiger partial charge on any atom is 0.284 e. The zero-order valence-corrected chi connectivity index (χ0v) is 22.5. The van der Waals surface area contributed by atoms with E-state index < -0.39 is 17.8 Å². The number of carbonyl (C=O) groups is 3. The number of aromatic nitrogens is 2. The standard InChI is InChI=1S/C24H30FN7O3S2/c1-31(2)24(35)13-4-6-15(28-22(36)20(33)30-19-7-5-14(25)11-26-19)17(10-13)27-21(34)23-29-16-8-9-32(3)12-18(16)37-23/h5,7,11,13,15,17H,4,6,8-10,12H2,1-3H3,(H,27,34)(H,28,36)(H,26,30,33). The number of halogens is 1. The van der Waals surface area contributed by atoms with Crippen LogP contribution < -0.4 is 16.0 Å². The molecule has 3 heterocycles. The van der Waals surface area contributed by atoms with Gasteiger partial charge in [-0.05, 0) is 38.4 Å². The van der Waals surface area contributed by atoms with Crippen LogP contribution in [0.4, 0.5) is 10.2 Å². The van der Waals surface area contributed by atoms with Crippen molar-refractivity contribution in [3.8, 4) is 0 Å². The van der Waals surface area contributed by atoms with Crippen molar-refractivity contribution in [1.29, 1.82) is 0 Å². The fourth-order valence-electron chi connectivity index (χ4n) is 4.60. The summed E-state index contributed by atoms with van der Waals surface area (Å²) < 4.78 is 13.1. The van der Waals surface area contributed by atoms with Gasteiger partial charge in [-0.15, -0.1) is 11.3 Å². The van der Waals surface area contributed by atoms with E-state index in [2.05, 4.69) is 30.8 Å². The highest BCUT2D eigenvalue weighted by Gasteiger charge is 2.37. The lowest BCUT2D eigenvalue weighted by Crippen LogP contribution is -2.56. The van der Waals surface area contributed by atoms with Crippen LogP contribution in [0, 0.1) is 11.7 Å². The summed E-state index contributed by atoms with van der Waals surface area (Å²) in [6.45, 7) is 1.66. The van der Waals surface area contributed by atoms with Crippen LogP contribution in [-0.2, 0) is 22.6 Å². The Hall–Kier alpha value is -3.03. The molecule has 10 nitrogen and oxygen atoms in total. The third kappa shape index (κ3) is 6.65. The number of thiazole rings is 1. The molecule has 0 bridgehead atoms. The minimum Gasteiger partial charge on any atom is -0.367 e. The van der Waals surface area contributed by atoms with Gasteiger partial charge in [-0.3, -0.25) is 14.4 Å². The van der Waals surface area contributed by atoms with Crippen LogP contribution in [-0.4, -0.2) is 82.2 Å². The predicted octanol–water partition coefficient (Wildman–Crippen LogP) is 1.58. The number of hydrogen-bond acceptors (Lipinski definition) is 8. The molecule has 37 heavy (non-hydrogen) atoms. The minimum atomic E-state index is -0.595. The van der Waals surface area contributed by atoms with Crippen molar-refractivity contribution in [2.45, 2.75) is 44.3 Å².